The summed E-state index contributed by atoms with van der Waals surface area (Å²) in [5.41, 5.74) is 2.31. The first-order valence-electron chi connectivity index (χ1n) is 12.4. The van der Waals surface area contributed by atoms with Gasteiger partial charge in [-0.1, -0.05) is 49.1 Å². The minimum atomic E-state index is -0.342. The number of carbonyl (C=O) groups is 1. The highest BCUT2D eigenvalue weighted by Crippen LogP contribution is 2.20. The Labute approximate surface area is 203 Å². The van der Waals surface area contributed by atoms with E-state index in [4.69, 9.17) is 0 Å². The van der Waals surface area contributed by atoms with Crippen molar-refractivity contribution in [2.45, 2.75) is 71.5 Å². The predicted molar refractivity (Wildman–Crippen MR) is 136 cm³/mol. The highest BCUT2D eigenvalue weighted by molar-refractivity contribution is 5.98. The van der Waals surface area contributed by atoms with E-state index < -0.39 is 0 Å². The number of amides is 1. The van der Waals surface area contributed by atoms with Crippen molar-refractivity contribution in [3.8, 4) is 0 Å². The summed E-state index contributed by atoms with van der Waals surface area (Å²) in [6, 6.07) is 12.8. The summed E-state index contributed by atoms with van der Waals surface area (Å²) in [6.45, 7) is 6.07. The Morgan fingerprint density at radius 3 is 2.57 bits per heavy atom. The monoisotopic (exact) mass is 473 g/mol. The molecule has 1 aliphatic carbocycles. The molecule has 0 saturated heterocycles. The van der Waals surface area contributed by atoms with Crippen molar-refractivity contribution in [3.63, 3.8) is 0 Å². The maximum atomic E-state index is 13.6. The molecule has 1 fully saturated rings. The molecule has 35 heavy (non-hydrogen) atoms. The van der Waals surface area contributed by atoms with E-state index in [0.717, 1.165) is 36.8 Å². The smallest absolute Gasteiger partial charge is 0.349 e. The van der Waals surface area contributed by atoms with Crippen molar-refractivity contribution in [1.82, 2.24) is 24.1 Å². The zero-order valence-electron chi connectivity index (χ0n) is 20.5. The lowest BCUT2D eigenvalue weighted by Crippen LogP contribution is -2.36. The van der Waals surface area contributed by atoms with Gasteiger partial charge in [0.2, 0.25) is 5.78 Å². The van der Waals surface area contributed by atoms with Gasteiger partial charge >= 0.3 is 5.69 Å². The summed E-state index contributed by atoms with van der Waals surface area (Å²) in [5, 5.41) is 8.07. The molecule has 8 nitrogen and oxygen atoms in total. The first-order valence-corrected chi connectivity index (χ1v) is 12.4. The van der Waals surface area contributed by atoms with E-state index in [1.165, 1.54) is 20.1 Å². The van der Waals surface area contributed by atoms with Crippen molar-refractivity contribution in [2.24, 2.45) is 0 Å². The molecular weight excluding hydrogens is 442 g/mol. The molecule has 2 heterocycles. The van der Waals surface area contributed by atoms with Gasteiger partial charge in [-0.3, -0.25) is 14.2 Å². The van der Waals surface area contributed by atoms with Gasteiger partial charge in [0.05, 0.1) is 17.4 Å². The number of fused-ring (bicyclic) bond motifs is 3. The van der Waals surface area contributed by atoms with E-state index in [1.807, 2.05) is 45.0 Å². The van der Waals surface area contributed by atoms with Crippen LogP contribution >= 0.6 is 0 Å². The number of nitrogens with zero attached hydrogens (tertiary/aromatic N) is 4. The lowest BCUT2D eigenvalue weighted by atomic mass is 9.95. The maximum absolute atomic E-state index is 13.6. The maximum Gasteiger partial charge on any atom is 0.352 e. The number of aromatic nitrogens is 4. The predicted octanol–water partition coefficient (Wildman–Crippen LogP) is 3.81. The van der Waals surface area contributed by atoms with Gasteiger partial charge in [0.25, 0.3) is 11.5 Å². The minimum absolute atomic E-state index is 0.167. The number of rotatable bonds is 5. The average Bonchev–Trinajstić information content (AvgIpc) is 3.14. The third-order valence-electron chi connectivity index (χ3n) is 6.86. The van der Waals surface area contributed by atoms with Crippen molar-refractivity contribution < 1.29 is 4.79 Å². The van der Waals surface area contributed by atoms with Crippen molar-refractivity contribution in [3.05, 3.63) is 80.0 Å². The number of nitrogens with one attached hydrogen (secondary N) is 1. The number of aryl methyl sites for hydroxylation is 1. The van der Waals surface area contributed by atoms with Crippen LogP contribution in [0.1, 0.15) is 73.5 Å². The summed E-state index contributed by atoms with van der Waals surface area (Å²) in [6.07, 6.45) is 5.40. The molecule has 1 N–H and O–H groups in total. The van der Waals surface area contributed by atoms with Crippen molar-refractivity contribution in [1.29, 1.82) is 0 Å². The Morgan fingerprint density at radius 2 is 1.86 bits per heavy atom. The number of carbonyl (C=O) groups excluding carboxylic acids is 1. The Hall–Kier alpha value is -3.68. The third-order valence-corrected chi connectivity index (χ3v) is 6.86. The fraction of sp³-hybridized carbons (Fsp3) is 0.407. The third kappa shape index (κ3) is 4.29. The molecule has 0 radical (unpaired) electrons. The highest BCUT2D eigenvalue weighted by atomic mass is 16.2. The van der Waals surface area contributed by atoms with E-state index in [1.54, 1.807) is 18.2 Å². The lowest BCUT2D eigenvalue weighted by Gasteiger charge is -2.22. The molecule has 2 aromatic carbocycles. The molecule has 0 spiro atoms. The van der Waals surface area contributed by atoms with Crippen LogP contribution in [0.15, 0.2) is 52.1 Å². The molecule has 2 aromatic heterocycles. The molecule has 0 aliphatic heterocycles. The molecule has 1 aliphatic rings. The van der Waals surface area contributed by atoms with Gasteiger partial charge < -0.3 is 5.32 Å². The van der Waals surface area contributed by atoms with Gasteiger partial charge in [-0.05, 0) is 57.4 Å². The van der Waals surface area contributed by atoms with Gasteiger partial charge in [-0.2, -0.15) is 0 Å². The van der Waals surface area contributed by atoms with Crippen LogP contribution < -0.4 is 16.6 Å². The number of hydrogen-bond donors (Lipinski definition) is 1. The van der Waals surface area contributed by atoms with Crippen LogP contribution in [0.2, 0.25) is 0 Å². The van der Waals surface area contributed by atoms with E-state index in [2.05, 4.69) is 10.4 Å². The number of hydrogen-bond acceptors (Lipinski definition) is 4. The molecule has 0 atom stereocenters. The molecule has 5 rings (SSSR count). The molecule has 0 bridgehead atoms. The van der Waals surface area contributed by atoms with Crippen molar-refractivity contribution in [2.75, 3.05) is 0 Å². The molecular formula is C27H31N5O3. The fourth-order valence-electron chi connectivity index (χ4n) is 5.09. The van der Waals surface area contributed by atoms with Gasteiger partial charge in [0, 0.05) is 17.6 Å². The summed E-state index contributed by atoms with van der Waals surface area (Å²) in [4.78, 5) is 40.0. The fourth-order valence-corrected chi connectivity index (χ4v) is 5.09. The summed E-state index contributed by atoms with van der Waals surface area (Å²) < 4.78 is 4.39. The van der Waals surface area contributed by atoms with E-state index in [-0.39, 0.29) is 41.6 Å². The van der Waals surface area contributed by atoms with E-state index in [9.17, 15) is 14.4 Å². The standard InChI is InChI=1S/C27H31N5O3/c1-17(2)31-25(34)22-13-12-20(24(33)28-21-10-5-4-6-11-21)15-23(22)32-26(31)29-30(27(32)35)16-19-9-7-8-18(3)14-19/h7-9,12-15,17,21H,4-6,10-11,16H2,1-3H3,(H,28,33). The molecule has 0 unspecified atom stereocenters. The largest absolute Gasteiger partial charge is 0.352 e. The highest BCUT2D eigenvalue weighted by Gasteiger charge is 2.22. The van der Waals surface area contributed by atoms with E-state index in [0.29, 0.717) is 16.5 Å². The average molecular weight is 474 g/mol. The molecule has 182 valence electrons. The van der Waals surface area contributed by atoms with Crippen LogP contribution in [0.4, 0.5) is 0 Å². The molecule has 8 heteroatoms. The Balaban J connectivity index is 1.66. The van der Waals surface area contributed by atoms with Crippen LogP contribution in [0.3, 0.4) is 0 Å². The summed E-state index contributed by atoms with van der Waals surface area (Å²) in [7, 11) is 0. The van der Waals surface area contributed by atoms with Gasteiger partial charge in [0.15, 0.2) is 0 Å². The first kappa shape index (κ1) is 23.1. The Bertz CT molecular complexity index is 1540. The van der Waals surface area contributed by atoms with Gasteiger partial charge in [0.1, 0.15) is 0 Å². The van der Waals surface area contributed by atoms with E-state index >= 15 is 0 Å². The molecule has 1 amide bonds. The first-order chi connectivity index (χ1) is 16.8. The summed E-state index contributed by atoms with van der Waals surface area (Å²) in [5.74, 6) is 0.0974. The van der Waals surface area contributed by atoms with Crippen LogP contribution in [0, 0.1) is 6.92 Å². The Kier molecular flexibility index (Phi) is 6.05. The Morgan fingerprint density at radius 1 is 1.09 bits per heavy atom. The zero-order chi connectivity index (χ0) is 24.7. The van der Waals surface area contributed by atoms with Crippen LogP contribution in [-0.2, 0) is 6.54 Å². The topological polar surface area (TPSA) is 90.4 Å². The van der Waals surface area contributed by atoms with Crippen LogP contribution in [0.25, 0.3) is 16.7 Å². The zero-order valence-corrected chi connectivity index (χ0v) is 20.5. The summed E-state index contributed by atoms with van der Waals surface area (Å²) >= 11 is 0. The SMILES string of the molecule is Cc1cccc(Cn2nc3n(C(C)C)c(=O)c4ccc(C(=O)NC5CCCCC5)cc4n3c2=O)c1. The van der Waals surface area contributed by atoms with Gasteiger partial charge in [-0.15, -0.1) is 5.10 Å². The van der Waals surface area contributed by atoms with Crippen molar-refractivity contribution >= 4 is 22.6 Å². The van der Waals surface area contributed by atoms with Gasteiger partial charge in [-0.25, -0.2) is 13.9 Å². The lowest BCUT2D eigenvalue weighted by molar-refractivity contribution is 0.0928. The second kappa shape index (κ2) is 9.17. The second-order valence-corrected chi connectivity index (χ2v) is 9.87. The minimum Gasteiger partial charge on any atom is -0.349 e. The quantitative estimate of drug-likeness (QED) is 0.477. The number of benzene rings is 2. The molecule has 1 saturated carbocycles. The van der Waals surface area contributed by atoms with Crippen LogP contribution in [0.5, 0.6) is 0 Å². The molecule has 4 aromatic rings. The second-order valence-electron chi connectivity index (χ2n) is 9.87. The normalized spacial score (nSPS) is 14.7. The van der Waals surface area contributed by atoms with Crippen LogP contribution in [-0.4, -0.2) is 30.7 Å².